The van der Waals surface area contributed by atoms with E-state index in [9.17, 15) is 0 Å². The Labute approximate surface area is 179 Å². The van der Waals surface area contributed by atoms with Crippen LogP contribution in [-0.4, -0.2) is 13.2 Å². The second kappa shape index (κ2) is 7.05. The Balaban J connectivity index is 1.78. The summed E-state index contributed by atoms with van der Waals surface area (Å²) in [4.78, 5) is 0. The van der Waals surface area contributed by atoms with Crippen molar-refractivity contribution >= 4 is 5.57 Å². The minimum atomic E-state index is 0.0669. The Morgan fingerprint density at radius 1 is 0.700 bits per heavy atom. The molecule has 0 radical (unpaired) electrons. The van der Waals surface area contributed by atoms with E-state index < -0.39 is 0 Å². The summed E-state index contributed by atoms with van der Waals surface area (Å²) in [6.45, 7) is 12.0. The highest BCUT2D eigenvalue weighted by atomic mass is 16.6. The van der Waals surface area contributed by atoms with Gasteiger partial charge in [0.25, 0.3) is 0 Å². The van der Waals surface area contributed by atoms with Gasteiger partial charge in [0.2, 0.25) is 0 Å². The molecule has 0 bridgehead atoms. The summed E-state index contributed by atoms with van der Waals surface area (Å²) < 4.78 is 12.7. The molecular formula is C28H28O2. The molecule has 1 atom stereocenters. The predicted molar refractivity (Wildman–Crippen MR) is 122 cm³/mol. The fourth-order valence-corrected chi connectivity index (χ4v) is 5.15. The van der Waals surface area contributed by atoms with Gasteiger partial charge in [0.1, 0.15) is 13.2 Å². The second-order valence-corrected chi connectivity index (χ2v) is 8.90. The molecule has 2 aromatic carbocycles. The van der Waals surface area contributed by atoms with Crippen molar-refractivity contribution in [1.29, 1.82) is 0 Å². The van der Waals surface area contributed by atoms with Gasteiger partial charge in [0, 0.05) is 5.57 Å². The monoisotopic (exact) mass is 396 g/mol. The van der Waals surface area contributed by atoms with E-state index in [1.165, 1.54) is 55.7 Å². The van der Waals surface area contributed by atoms with Crippen molar-refractivity contribution in [2.75, 3.05) is 13.2 Å². The molecule has 2 heteroatoms. The van der Waals surface area contributed by atoms with E-state index >= 15 is 0 Å². The van der Waals surface area contributed by atoms with Gasteiger partial charge in [0.05, 0.1) is 5.92 Å². The van der Waals surface area contributed by atoms with Gasteiger partial charge in [-0.05, 0) is 56.9 Å². The number of allylic oxidation sites excluding steroid dienone is 6. The maximum absolute atomic E-state index is 6.34. The minimum Gasteiger partial charge on any atom is -0.489 e. The molecule has 0 saturated heterocycles. The smallest absolute Gasteiger partial charge is 0.166 e. The standard InChI is InChI=1S/C28H28O2/c1-16-8-17(2)11-21(10-16)25-23-14-20(5)15-24(23)26(28-27(25)29-6-7-30-28)22-12-18(3)9-19(4)13-22/h8-15,25H,6-7H2,1-5H3. The first-order valence-corrected chi connectivity index (χ1v) is 10.7. The number of ether oxygens (including phenoxy) is 2. The average molecular weight is 397 g/mol. The summed E-state index contributed by atoms with van der Waals surface area (Å²) in [7, 11) is 0. The highest BCUT2D eigenvalue weighted by Crippen LogP contribution is 2.52. The lowest BCUT2D eigenvalue weighted by Gasteiger charge is -2.35. The van der Waals surface area contributed by atoms with Crippen molar-refractivity contribution in [2.24, 2.45) is 0 Å². The summed E-state index contributed by atoms with van der Waals surface area (Å²) in [6.07, 6.45) is 4.63. The van der Waals surface area contributed by atoms with Crippen LogP contribution < -0.4 is 0 Å². The topological polar surface area (TPSA) is 18.5 Å². The van der Waals surface area contributed by atoms with Crippen LogP contribution in [0.1, 0.15) is 46.2 Å². The lowest BCUT2D eigenvalue weighted by atomic mass is 9.77. The molecule has 5 rings (SSSR count). The molecule has 3 aliphatic rings. The zero-order valence-electron chi connectivity index (χ0n) is 18.4. The Hall–Kier alpha value is -3.00. The van der Waals surface area contributed by atoms with Gasteiger partial charge >= 0.3 is 0 Å². The van der Waals surface area contributed by atoms with Gasteiger partial charge < -0.3 is 9.47 Å². The first-order valence-electron chi connectivity index (χ1n) is 10.7. The van der Waals surface area contributed by atoms with Gasteiger partial charge in [-0.3, -0.25) is 0 Å². The van der Waals surface area contributed by atoms with Crippen LogP contribution in [0.5, 0.6) is 0 Å². The van der Waals surface area contributed by atoms with Crippen LogP contribution in [0.2, 0.25) is 0 Å². The maximum Gasteiger partial charge on any atom is 0.166 e. The van der Waals surface area contributed by atoms with Crippen molar-refractivity contribution in [2.45, 2.75) is 40.5 Å². The van der Waals surface area contributed by atoms with Gasteiger partial charge in [-0.2, -0.15) is 0 Å². The molecule has 0 N–H and O–H groups in total. The number of fused-ring (bicyclic) bond motifs is 1. The van der Waals surface area contributed by atoms with Crippen LogP contribution in [0.3, 0.4) is 0 Å². The number of benzene rings is 2. The number of hydrogen-bond acceptors (Lipinski definition) is 2. The molecule has 0 aromatic heterocycles. The summed E-state index contributed by atoms with van der Waals surface area (Å²) in [5, 5.41) is 0. The Bertz CT molecular complexity index is 1150. The Morgan fingerprint density at radius 2 is 1.30 bits per heavy atom. The van der Waals surface area contributed by atoms with Gasteiger partial charge in [-0.25, -0.2) is 0 Å². The van der Waals surface area contributed by atoms with Gasteiger partial charge in [-0.1, -0.05) is 76.4 Å². The van der Waals surface area contributed by atoms with Crippen molar-refractivity contribution in [3.63, 3.8) is 0 Å². The maximum atomic E-state index is 6.34. The summed E-state index contributed by atoms with van der Waals surface area (Å²) >= 11 is 0. The third-order valence-corrected chi connectivity index (χ3v) is 6.03. The van der Waals surface area contributed by atoms with E-state index in [4.69, 9.17) is 9.47 Å². The van der Waals surface area contributed by atoms with Crippen LogP contribution >= 0.6 is 0 Å². The third-order valence-electron chi connectivity index (χ3n) is 6.03. The molecular weight excluding hydrogens is 368 g/mol. The largest absolute Gasteiger partial charge is 0.489 e. The molecule has 2 aromatic rings. The first-order chi connectivity index (χ1) is 14.4. The van der Waals surface area contributed by atoms with E-state index in [2.05, 4.69) is 83.2 Å². The number of rotatable bonds is 2. The molecule has 1 unspecified atom stereocenters. The summed E-state index contributed by atoms with van der Waals surface area (Å²) in [5.74, 6) is 1.93. The van der Waals surface area contributed by atoms with E-state index in [-0.39, 0.29) is 5.92 Å². The molecule has 30 heavy (non-hydrogen) atoms. The van der Waals surface area contributed by atoms with Crippen LogP contribution in [0.4, 0.5) is 0 Å². The fourth-order valence-electron chi connectivity index (χ4n) is 5.15. The number of aryl methyl sites for hydroxylation is 4. The normalized spacial score (nSPS) is 20.2. The average Bonchev–Trinajstić information content (AvgIpc) is 3.04. The second-order valence-electron chi connectivity index (χ2n) is 8.90. The minimum absolute atomic E-state index is 0.0669. The quantitative estimate of drug-likeness (QED) is 0.568. The molecule has 1 heterocycles. The summed E-state index contributed by atoms with van der Waals surface area (Å²) in [5.41, 5.74) is 12.6. The van der Waals surface area contributed by atoms with E-state index in [0.717, 1.165) is 11.5 Å². The molecule has 0 spiro atoms. The third kappa shape index (κ3) is 3.11. The van der Waals surface area contributed by atoms with Crippen LogP contribution in [0.25, 0.3) is 5.57 Å². The zero-order valence-corrected chi connectivity index (χ0v) is 18.4. The highest BCUT2D eigenvalue weighted by molar-refractivity contribution is 5.90. The molecule has 0 fully saturated rings. The van der Waals surface area contributed by atoms with Crippen molar-refractivity contribution < 1.29 is 9.47 Å². The van der Waals surface area contributed by atoms with Crippen LogP contribution in [-0.2, 0) is 9.47 Å². The molecule has 2 nitrogen and oxygen atoms in total. The van der Waals surface area contributed by atoms with Crippen molar-refractivity contribution in [3.8, 4) is 0 Å². The van der Waals surface area contributed by atoms with E-state index in [1.807, 2.05) is 0 Å². The van der Waals surface area contributed by atoms with Crippen LogP contribution in [0, 0.1) is 27.7 Å². The lowest BCUT2D eigenvalue weighted by molar-refractivity contribution is 0.0633. The highest BCUT2D eigenvalue weighted by Gasteiger charge is 2.39. The fraction of sp³-hybridized carbons (Fsp3) is 0.286. The summed E-state index contributed by atoms with van der Waals surface area (Å²) in [6, 6.07) is 13.5. The molecule has 152 valence electrons. The number of hydrogen-bond donors (Lipinski definition) is 0. The first kappa shape index (κ1) is 19.0. The van der Waals surface area contributed by atoms with Gasteiger partial charge in [-0.15, -0.1) is 0 Å². The Morgan fingerprint density at radius 3 is 1.97 bits per heavy atom. The predicted octanol–water partition coefficient (Wildman–Crippen LogP) is 6.62. The van der Waals surface area contributed by atoms with Crippen molar-refractivity contribution in [1.82, 2.24) is 0 Å². The molecule has 2 aliphatic carbocycles. The molecule has 1 aliphatic heterocycles. The van der Waals surface area contributed by atoms with Gasteiger partial charge in [0.15, 0.2) is 11.5 Å². The Kier molecular flexibility index (Phi) is 4.47. The van der Waals surface area contributed by atoms with E-state index in [0.29, 0.717) is 13.2 Å². The van der Waals surface area contributed by atoms with Crippen LogP contribution in [0.15, 0.2) is 76.8 Å². The molecule has 0 saturated carbocycles. The van der Waals surface area contributed by atoms with Crippen molar-refractivity contribution in [3.05, 3.63) is 110 Å². The van der Waals surface area contributed by atoms with E-state index in [1.54, 1.807) is 0 Å². The zero-order chi connectivity index (χ0) is 21.0. The lowest BCUT2D eigenvalue weighted by Crippen LogP contribution is -2.25. The molecule has 0 amide bonds. The SMILES string of the molecule is CC1=CC2=C(c3cc(C)cc(C)c3)C3=C(OCCO3)C(c3cc(C)cc(C)c3)C2=C1.